The summed E-state index contributed by atoms with van der Waals surface area (Å²) in [6, 6.07) is 7.00. The van der Waals surface area contributed by atoms with Crippen LogP contribution in [-0.4, -0.2) is 24.8 Å². The van der Waals surface area contributed by atoms with E-state index < -0.39 is 15.1 Å². The number of carbonyl (C=O) groups is 1. The van der Waals surface area contributed by atoms with Crippen molar-refractivity contribution in [2.75, 3.05) is 5.33 Å². The first-order chi connectivity index (χ1) is 12.5. The van der Waals surface area contributed by atoms with Crippen molar-refractivity contribution in [2.45, 2.75) is 64.0 Å². The summed E-state index contributed by atoms with van der Waals surface area (Å²) in [7, 11) is -3.62. The van der Waals surface area contributed by atoms with E-state index in [9.17, 15) is 13.2 Å². The number of sulfone groups is 1. The molecule has 0 spiro atoms. The second kappa shape index (κ2) is 8.44. The molecule has 0 radical (unpaired) electrons. The molecule has 1 atom stereocenters. The molecule has 0 bridgehead atoms. The Kier molecular flexibility index (Phi) is 6.91. The van der Waals surface area contributed by atoms with E-state index in [0.717, 1.165) is 16.7 Å². The number of hydrogen-bond acceptors (Lipinski definition) is 3. The number of Topliss-reactive ketones (excluding diaryl/α,β-unsaturated/α-hetero) is 1. The maximum Gasteiger partial charge on any atom is 0.185 e. The zero-order valence-electron chi connectivity index (χ0n) is 16.8. The summed E-state index contributed by atoms with van der Waals surface area (Å²) in [6.07, 6.45) is 3.55. The van der Waals surface area contributed by atoms with E-state index in [1.165, 1.54) is 0 Å². The van der Waals surface area contributed by atoms with Crippen LogP contribution in [0.5, 0.6) is 0 Å². The van der Waals surface area contributed by atoms with Crippen LogP contribution in [0.2, 0.25) is 0 Å². The Balaban J connectivity index is 2.68. The van der Waals surface area contributed by atoms with Gasteiger partial charge in [0.25, 0.3) is 0 Å². The number of hydrogen-bond donors (Lipinski definition) is 0. The van der Waals surface area contributed by atoms with E-state index in [-0.39, 0.29) is 11.2 Å². The summed E-state index contributed by atoms with van der Waals surface area (Å²) in [6.45, 7) is 9.79. The summed E-state index contributed by atoms with van der Waals surface area (Å²) in [5, 5.41) is -0.0500. The van der Waals surface area contributed by atoms with Crippen molar-refractivity contribution >= 4 is 31.6 Å². The van der Waals surface area contributed by atoms with E-state index in [0.29, 0.717) is 35.1 Å². The topological polar surface area (TPSA) is 51.2 Å². The lowest BCUT2D eigenvalue weighted by atomic mass is 9.70. The molecule has 0 heterocycles. The van der Waals surface area contributed by atoms with E-state index in [1.54, 1.807) is 19.1 Å². The quantitative estimate of drug-likeness (QED) is 0.418. The fraction of sp³-hybridized carbons (Fsp3) is 0.500. The SMILES string of the molecule is CC(=CCBr)CC(C1=C(C)C(=O)CCC1(C)C)S(=O)(=O)c1ccc(C)cc1. The van der Waals surface area contributed by atoms with Gasteiger partial charge in [0, 0.05) is 11.8 Å². The molecule has 3 nitrogen and oxygen atoms in total. The summed E-state index contributed by atoms with van der Waals surface area (Å²) in [4.78, 5) is 12.8. The molecule has 0 aromatic heterocycles. The Hall–Kier alpha value is -1.20. The Morgan fingerprint density at radius 3 is 2.37 bits per heavy atom. The standard InChI is InChI=1S/C22H29BrO3S/c1-15-6-8-18(9-7-15)27(25,26)20(14-16(2)11-13-23)21-17(3)19(24)10-12-22(21,4)5/h6-9,11,20H,10,12-14H2,1-5H3. The van der Waals surface area contributed by atoms with Crippen LogP contribution in [0.3, 0.4) is 0 Å². The van der Waals surface area contributed by atoms with Crippen LogP contribution in [0.15, 0.2) is 52.0 Å². The second-order valence-corrected chi connectivity index (χ2v) is 10.9. The van der Waals surface area contributed by atoms with Crippen LogP contribution in [-0.2, 0) is 14.6 Å². The number of alkyl halides is 1. The van der Waals surface area contributed by atoms with Gasteiger partial charge in [-0.05, 0) is 62.3 Å². The van der Waals surface area contributed by atoms with Crippen LogP contribution in [0, 0.1) is 12.3 Å². The fourth-order valence-electron chi connectivity index (χ4n) is 3.85. The van der Waals surface area contributed by atoms with Crippen LogP contribution in [0.4, 0.5) is 0 Å². The molecule has 5 heteroatoms. The first kappa shape index (κ1) is 22.1. The molecule has 0 aliphatic heterocycles. The molecule has 0 saturated carbocycles. The van der Waals surface area contributed by atoms with Crippen molar-refractivity contribution in [3.63, 3.8) is 0 Å². The molecule has 1 aromatic carbocycles. The number of allylic oxidation sites excluding steroid dienone is 3. The average Bonchev–Trinajstić information content (AvgIpc) is 2.58. The molecule has 1 unspecified atom stereocenters. The summed E-state index contributed by atoms with van der Waals surface area (Å²) >= 11 is 3.39. The van der Waals surface area contributed by atoms with Gasteiger partial charge in [-0.3, -0.25) is 4.79 Å². The lowest BCUT2D eigenvalue weighted by Gasteiger charge is -2.38. The molecule has 1 aliphatic rings. The smallest absolute Gasteiger partial charge is 0.185 e. The molecule has 1 aromatic rings. The number of rotatable bonds is 6. The fourth-order valence-corrected chi connectivity index (χ4v) is 6.53. The minimum Gasteiger partial charge on any atom is -0.295 e. The van der Waals surface area contributed by atoms with Crippen LogP contribution < -0.4 is 0 Å². The zero-order valence-corrected chi connectivity index (χ0v) is 19.2. The van der Waals surface area contributed by atoms with Gasteiger partial charge in [0.1, 0.15) is 0 Å². The molecular weight excluding hydrogens is 424 g/mol. The summed E-state index contributed by atoms with van der Waals surface area (Å²) in [5.41, 5.74) is 3.10. The van der Waals surface area contributed by atoms with Gasteiger partial charge in [0.15, 0.2) is 15.6 Å². The van der Waals surface area contributed by atoms with Crippen molar-refractivity contribution in [1.82, 2.24) is 0 Å². The molecule has 0 saturated heterocycles. The third kappa shape index (κ3) is 4.80. The van der Waals surface area contributed by atoms with Gasteiger partial charge >= 0.3 is 0 Å². The molecule has 0 N–H and O–H groups in total. The Morgan fingerprint density at radius 1 is 1.22 bits per heavy atom. The highest BCUT2D eigenvalue weighted by molar-refractivity contribution is 9.09. The molecular formula is C22H29BrO3S. The molecule has 1 aliphatic carbocycles. The van der Waals surface area contributed by atoms with E-state index in [2.05, 4.69) is 29.8 Å². The Labute approximate surface area is 172 Å². The first-order valence-electron chi connectivity index (χ1n) is 9.27. The van der Waals surface area contributed by atoms with E-state index in [1.807, 2.05) is 32.1 Å². The van der Waals surface area contributed by atoms with Crippen molar-refractivity contribution < 1.29 is 13.2 Å². The van der Waals surface area contributed by atoms with Gasteiger partial charge in [0.05, 0.1) is 10.1 Å². The predicted octanol–water partition coefficient (Wildman–Crippen LogP) is 5.57. The molecule has 0 fully saturated rings. The Morgan fingerprint density at radius 2 is 1.81 bits per heavy atom. The highest BCUT2D eigenvalue weighted by Crippen LogP contribution is 2.45. The second-order valence-electron chi connectivity index (χ2n) is 8.10. The number of ketones is 1. The van der Waals surface area contributed by atoms with Crippen molar-refractivity contribution in [1.29, 1.82) is 0 Å². The average molecular weight is 453 g/mol. The van der Waals surface area contributed by atoms with Crippen LogP contribution in [0.25, 0.3) is 0 Å². The first-order valence-corrected chi connectivity index (χ1v) is 11.9. The number of carbonyl (C=O) groups excluding carboxylic acids is 1. The van der Waals surface area contributed by atoms with Gasteiger partial charge in [-0.15, -0.1) is 0 Å². The normalized spacial score (nSPS) is 19.3. The van der Waals surface area contributed by atoms with Crippen molar-refractivity contribution in [3.8, 4) is 0 Å². The molecule has 2 rings (SSSR count). The monoisotopic (exact) mass is 452 g/mol. The van der Waals surface area contributed by atoms with Crippen LogP contribution >= 0.6 is 15.9 Å². The highest BCUT2D eigenvalue weighted by Gasteiger charge is 2.42. The minimum atomic E-state index is -3.62. The molecule has 148 valence electrons. The minimum absolute atomic E-state index is 0.0653. The zero-order chi connectivity index (χ0) is 20.4. The van der Waals surface area contributed by atoms with Gasteiger partial charge in [-0.25, -0.2) is 8.42 Å². The predicted molar refractivity (Wildman–Crippen MR) is 115 cm³/mol. The molecule has 0 amide bonds. The third-order valence-electron chi connectivity index (χ3n) is 5.51. The third-order valence-corrected chi connectivity index (χ3v) is 7.91. The Bertz CT molecular complexity index is 875. The number of aryl methyl sites for hydroxylation is 1. The molecule has 27 heavy (non-hydrogen) atoms. The maximum atomic E-state index is 13.6. The van der Waals surface area contributed by atoms with E-state index in [4.69, 9.17) is 0 Å². The summed E-state index contributed by atoms with van der Waals surface area (Å²) < 4.78 is 27.3. The lowest BCUT2D eigenvalue weighted by Crippen LogP contribution is -2.37. The highest BCUT2D eigenvalue weighted by atomic mass is 79.9. The van der Waals surface area contributed by atoms with Crippen molar-refractivity contribution in [2.24, 2.45) is 5.41 Å². The van der Waals surface area contributed by atoms with Crippen LogP contribution in [0.1, 0.15) is 52.5 Å². The number of halogens is 1. The lowest BCUT2D eigenvalue weighted by molar-refractivity contribution is -0.116. The largest absolute Gasteiger partial charge is 0.295 e. The summed E-state index contributed by atoms with van der Waals surface area (Å²) in [5.74, 6) is 0.0653. The van der Waals surface area contributed by atoms with Gasteiger partial charge in [0.2, 0.25) is 0 Å². The van der Waals surface area contributed by atoms with Gasteiger partial charge < -0.3 is 0 Å². The van der Waals surface area contributed by atoms with Gasteiger partial charge in [-0.1, -0.05) is 59.1 Å². The van der Waals surface area contributed by atoms with Gasteiger partial charge in [-0.2, -0.15) is 0 Å². The maximum absolute atomic E-state index is 13.6. The van der Waals surface area contributed by atoms with E-state index >= 15 is 0 Å². The van der Waals surface area contributed by atoms with Crippen molar-refractivity contribution in [3.05, 3.63) is 52.6 Å². The number of benzene rings is 1.